The highest BCUT2D eigenvalue weighted by Crippen LogP contribution is 2.63. The molecule has 0 amide bonds. The fourth-order valence-corrected chi connectivity index (χ4v) is 10.3. The average Bonchev–Trinajstić information content (AvgIpc) is 3.57. The van der Waals surface area contributed by atoms with E-state index in [1.54, 1.807) is 0 Å². The molecule has 0 saturated heterocycles. The van der Waals surface area contributed by atoms with Crippen LogP contribution in [0.2, 0.25) is 0 Å². The largest absolute Gasteiger partial charge is 0.228 e. The molecule has 262 valence electrons. The minimum Gasteiger partial charge on any atom is -0.228 e. The van der Waals surface area contributed by atoms with E-state index in [2.05, 4.69) is 194 Å². The molecule has 2 nitrogen and oxygen atoms in total. The Balaban J connectivity index is 1.04. The molecule has 0 saturated carbocycles. The molecule has 2 aliphatic rings. The summed E-state index contributed by atoms with van der Waals surface area (Å²) in [6, 6.07) is 74.3. The minimum atomic E-state index is -0.397. The summed E-state index contributed by atoms with van der Waals surface area (Å²) in [4.78, 5) is 13.0. The van der Waals surface area contributed by atoms with Gasteiger partial charge in [0, 0.05) is 26.5 Å². The third-order valence-corrected chi connectivity index (χ3v) is 12.6. The lowest BCUT2D eigenvalue weighted by Crippen LogP contribution is -2.32. The van der Waals surface area contributed by atoms with E-state index in [9.17, 15) is 0 Å². The number of aromatic nitrogens is 2. The molecular formula is C53H34N2S. The minimum absolute atomic E-state index is 0.397. The van der Waals surface area contributed by atoms with Crippen LogP contribution in [0.5, 0.6) is 0 Å². The van der Waals surface area contributed by atoms with Crippen LogP contribution in [-0.4, -0.2) is 9.97 Å². The van der Waals surface area contributed by atoms with E-state index in [-0.39, 0.29) is 0 Å². The van der Waals surface area contributed by atoms with Crippen molar-refractivity contribution in [3.05, 3.63) is 229 Å². The molecule has 0 bridgehead atoms. The summed E-state index contributed by atoms with van der Waals surface area (Å²) in [7, 11) is 0. The Morgan fingerprint density at radius 2 is 0.768 bits per heavy atom. The molecule has 1 aliphatic heterocycles. The maximum absolute atomic E-state index is 5.17. The van der Waals surface area contributed by atoms with Crippen molar-refractivity contribution in [2.45, 2.75) is 15.2 Å². The average molecular weight is 731 g/mol. The van der Waals surface area contributed by atoms with Gasteiger partial charge in [-0.25, -0.2) is 9.97 Å². The summed E-state index contributed by atoms with van der Waals surface area (Å²) < 4.78 is 0. The van der Waals surface area contributed by atoms with Crippen LogP contribution < -0.4 is 0 Å². The van der Waals surface area contributed by atoms with Crippen LogP contribution in [0.25, 0.3) is 67.3 Å². The number of rotatable bonds is 5. The van der Waals surface area contributed by atoms with E-state index in [0.717, 1.165) is 39.2 Å². The van der Waals surface area contributed by atoms with Crippen molar-refractivity contribution in [2.24, 2.45) is 0 Å². The first-order chi connectivity index (χ1) is 27.8. The number of hydrogen-bond donors (Lipinski definition) is 0. The summed E-state index contributed by atoms with van der Waals surface area (Å²) in [5, 5.41) is 0. The molecule has 1 aliphatic carbocycles. The van der Waals surface area contributed by atoms with Crippen molar-refractivity contribution in [1.82, 2.24) is 9.97 Å². The van der Waals surface area contributed by atoms with Gasteiger partial charge in [-0.15, -0.1) is 0 Å². The van der Waals surface area contributed by atoms with Gasteiger partial charge in [-0.1, -0.05) is 206 Å². The summed E-state index contributed by atoms with van der Waals surface area (Å²) >= 11 is 1.90. The second kappa shape index (κ2) is 13.2. The Kier molecular flexibility index (Phi) is 7.68. The van der Waals surface area contributed by atoms with Crippen LogP contribution in [0.1, 0.15) is 22.3 Å². The first-order valence-corrected chi connectivity index (χ1v) is 19.9. The Bertz CT molecular complexity index is 2830. The van der Waals surface area contributed by atoms with Gasteiger partial charge in [0.2, 0.25) is 0 Å². The van der Waals surface area contributed by atoms with Crippen LogP contribution in [-0.2, 0) is 5.41 Å². The quantitative estimate of drug-likeness (QED) is 0.176. The van der Waals surface area contributed by atoms with Crippen molar-refractivity contribution < 1.29 is 0 Å². The molecule has 11 rings (SSSR count). The third-order valence-electron chi connectivity index (χ3n) is 11.4. The van der Waals surface area contributed by atoms with Crippen LogP contribution in [0.15, 0.2) is 216 Å². The van der Waals surface area contributed by atoms with Gasteiger partial charge in [-0.05, 0) is 67.8 Å². The highest BCUT2D eigenvalue weighted by Gasteiger charge is 2.50. The maximum Gasteiger partial charge on any atom is 0.161 e. The summed E-state index contributed by atoms with van der Waals surface area (Å²) in [5.74, 6) is 0.708. The number of hydrogen-bond acceptors (Lipinski definition) is 3. The van der Waals surface area contributed by atoms with Gasteiger partial charge in [-0.3, -0.25) is 0 Å². The van der Waals surface area contributed by atoms with Crippen molar-refractivity contribution >= 4 is 11.8 Å². The molecule has 1 spiro atoms. The zero-order valence-corrected chi connectivity index (χ0v) is 31.2. The molecular weight excluding hydrogens is 697 g/mol. The molecule has 0 unspecified atom stereocenters. The maximum atomic E-state index is 5.17. The predicted octanol–water partition coefficient (Wildman–Crippen LogP) is 13.6. The lowest BCUT2D eigenvalue weighted by atomic mass is 9.67. The molecule has 0 N–H and O–H groups in total. The molecule has 0 atom stereocenters. The van der Waals surface area contributed by atoms with Gasteiger partial charge in [0.05, 0.1) is 16.8 Å². The first kappa shape index (κ1) is 32.6. The highest BCUT2D eigenvalue weighted by molar-refractivity contribution is 7.99. The van der Waals surface area contributed by atoms with Gasteiger partial charge in [0.25, 0.3) is 0 Å². The topological polar surface area (TPSA) is 25.8 Å². The highest BCUT2D eigenvalue weighted by atomic mass is 32.2. The Morgan fingerprint density at radius 3 is 1.38 bits per heavy atom. The Hall–Kier alpha value is -6.81. The summed E-state index contributed by atoms with van der Waals surface area (Å²) in [6.45, 7) is 0. The standard InChI is InChI=1S/C53H34N2S/c1-3-16-37(17-4-1)48-34-49(38-18-5-2-6-19-38)55-52(54-48)43-23-8-7-20-39(43)35-30-32-36(33-31-35)40-24-15-28-47-51(40)56-50-29-14-13-27-46(50)53(47)44-25-11-9-21-41(44)42-22-10-12-26-45(42)53/h1-34H. The molecule has 56 heavy (non-hydrogen) atoms. The fraction of sp³-hybridized carbons (Fsp3) is 0.0189. The normalized spacial score (nSPS) is 13.1. The van der Waals surface area contributed by atoms with Crippen molar-refractivity contribution in [2.75, 3.05) is 0 Å². The van der Waals surface area contributed by atoms with Crippen molar-refractivity contribution in [3.63, 3.8) is 0 Å². The van der Waals surface area contributed by atoms with Crippen LogP contribution >= 0.6 is 11.8 Å². The number of fused-ring (bicyclic) bond motifs is 9. The predicted molar refractivity (Wildman–Crippen MR) is 231 cm³/mol. The second-order valence-electron chi connectivity index (χ2n) is 14.4. The number of nitrogens with zero attached hydrogens (tertiary/aromatic N) is 2. The zero-order valence-electron chi connectivity index (χ0n) is 30.4. The summed E-state index contributed by atoms with van der Waals surface area (Å²) in [5.41, 5.74) is 17.2. The lowest BCUT2D eigenvalue weighted by molar-refractivity contribution is 0.723. The molecule has 9 aromatic rings. The molecule has 8 aromatic carbocycles. The van der Waals surface area contributed by atoms with E-state index >= 15 is 0 Å². The van der Waals surface area contributed by atoms with Crippen LogP contribution in [0.4, 0.5) is 0 Å². The molecule has 0 fully saturated rings. The molecule has 1 aromatic heterocycles. The van der Waals surface area contributed by atoms with Gasteiger partial charge < -0.3 is 0 Å². The fourth-order valence-electron chi connectivity index (χ4n) is 8.95. The van der Waals surface area contributed by atoms with Crippen LogP contribution in [0, 0.1) is 0 Å². The van der Waals surface area contributed by atoms with Gasteiger partial charge in [0.1, 0.15) is 0 Å². The van der Waals surface area contributed by atoms with E-state index in [0.29, 0.717) is 5.82 Å². The Labute approximate surface area is 331 Å². The smallest absolute Gasteiger partial charge is 0.161 e. The SMILES string of the molecule is c1ccc(-c2cc(-c3ccccc3)nc(-c3ccccc3-c3ccc(-c4cccc5c4Sc4ccccc4C54c5ccccc5-c5ccccc54)cc3)n2)cc1. The second-order valence-corrected chi connectivity index (χ2v) is 15.5. The van der Waals surface area contributed by atoms with Crippen LogP contribution in [0.3, 0.4) is 0 Å². The lowest BCUT2D eigenvalue weighted by Gasteiger charge is -2.40. The van der Waals surface area contributed by atoms with Crippen molar-refractivity contribution in [1.29, 1.82) is 0 Å². The third kappa shape index (κ3) is 5.05. The molecule has 3 heteroatoms. The van der Waals surface area contributed by atoms with Gasteiger partial charge in [0.15, 0.2) is 5.82 Å². The zero-order chi connectivity index (χ0) is 37.1. The molecule has 2 heterocycles. The Morgan fingerprint density at radius 1 is 0.321 bits per heavy atom. The first-order valence-electron chi connectivity index (χ1n) is 19.1. The summed E-state index contributed by atoms with van der Waals surface area (Å²) in [6.07, 6.45) is 0. The van der Waals surface area contributed by atoms with Gasteiger partial charge in [-0.2, -0.15) is 0 Å². The monoisotopic (exact) mass is 730 g/mol. The van der Waals surface area contributed by atoms with E-state index in [1.165, 1.54) is 54.3 Å². The van der Waals surface area contributed by atoms with Gasteiger partial charge >= 0.3 is 0 Å². The van der Waals surface area contributed by atoms with E-state index in [4.69, 9.17) is 9.97 Å². The van der Waals surface area contributed by atoms with E-state index < -0.39 is 5.41 Å². The number of benzene rings is 8. The van der Waals surface area contributed by atoms with E-state index in [1.807, 2.05) is 23.9 Å². The molecule has 0 radical (unpaired) electrons. The van der Waals surface area contributed by atoms with Crippen molar-refractivity contribution in [3.8, 4) is 67.3 Å².